The van der Waals surface area contributed by atoms with Gasteiger partial charge in [-0.2, -0.15) is 13.2 Å². The van der Waals surface area contributed by atoms with Gasteiger partial charge < -0.3 is 15.4 Å². The largest absolute Gasteiger partial charge is 0.411 e. The maximum absolute atomic E-state index is 13.1. The smallest absolute Gasteiger partial charge is 0.367 e. The molecule has 0 saturated heterocycles. The Morgan fingerprint density at radius 1 is 0.897 bits per heavy atom. The molecule has 2 aromatic carbocycles. The Labute approximate surface area is 162 Å². The lowest BCUT2D eigenvalue weighted by atomic mass is 10.1. The van der Waals surface area contributed by atoms with Crippen molar-refractivity contribution in [2.75, 3.05) is 13.2 Å². The van der Waals surface area contributed by atoms with E-state index in [1.54, 1.807) is 24.3 Å². The summed E-state index contributed by atoms with van der Waals surface area (Å²) in [6.45, 7) is -1.81. The fourth-order valence-corrected chi connectivity index (χ4v) is 2.25. The molecule has 2 rings (SSSR count). The molecular weight excluding hydrogens is 399 g/mol. The molecule has 10 heteroatoms. The van der Waals surface area contributed by atoms with Gasteiger partial charge in [0, 0.05) is 18.2 Å². The van der Waals surface area contributed by atoms with Crippen LogP contribution >= 0.6 is 0 Å². The van der Waals surface area contributed by atoms with Crippen LogP contribution in [-0.4, -0.2) is 31.1 Å². The van der Waals surface area contributed by atoms with Crippen molar-refractivity contribution in [3.05, 3.63) is 70.8 Å². The second-order valence-electron chi connectivity index (χ2n) is 6.04. The zero-order valence-corrected chi connectivity index (χ0v) is 15.0. The number of carbonyl (C=O) groups excluding carboxylic acids is 2. The van der Waals surface area contributed by atoms with Crippen LogP contribution in [0.15, 0.2) is 42.5 Å². The van der Waals surface area contributed by atoms with Gasteiger partial charge in [-0.25, -0.2) is 8.78 Å². The average Bonchev–Trinajstić information content (AvgIpc) is 2.63. The lowest BCUT2D eigenvalue weighted by Crippen LogP contribution is -2.36. The fraction of sp³-hybridized carbons (Fsp3) is 0.263. The molecule has 0 unspecified atom stereocenters. The number of rotatable bonds is 8. The predicted molar refractivity (Wildman–Crippen MR) is 92.7 cm³/mol. The highest BCUT2D eigenvalue weighted by Crippen LogP contribution is 2.16. The minimum Gasteiger partial charge on any atom is -0.367 e. The summed E-state index contributed by atoms with van der Waals surface area (Å²) in [7, 11) is 0. The third kappa shape index (κ3) is 8.26. The third-order valence-electron chi connectivity index (χ3n) is 3.58. The molecule has 29 heavy (non-hydrogen) atoms. The Balaban J connectivity index is 1.74. The van der Waals surface area contributed by atoms with Crippen molar-refractivity contribution >= 4 is 11.8 Å². The van der Waals surface area contributed by atoms with E-state index in [1.807, 2.05) is 0 Å². The summed E-state index contributed by atoms with van der Waals surface area (Å²) in [5.74, 6) is -3.16. The fourth-order valence-electron chi connectivity index (χ4n) is 2.25. The molecule has 0 spiro atoms. The summed E-state index contributed by atoms with van der Waals surface area (Å²) >= 11 is 0. The van der Waals surface area contributed by atoms with Crippen LogP contribution in [0, 0.1) is 11.6 Å². The maximum Gasteiger partial charge on any atom is 0.411 e. The molecule has 2 amide bonds. The topological polar surface area (TPSA) is 67.4 Å². The molecule has 0 atom stereocenters. The Hall–Kier alpha value is -3.01. The number of hydrogen-bond donors (Lipinski definition) is 2. The van der Waals surface area contributed by atoms with Gasteiger partial charge in [-0.3, -0.25) is 9.59 Å². The van der Waals surface area contributed by atoms with Gasteiger partial charge in [0.1, 0.15) is 18.2 Å². The van der Waals surface area contributed by atoms with Crippen LogP contribution < -0.4 is 10.6 Å². The normalized spacial score (nSPS) is 11.2. The van der Waals surface area contributed by atoms with E-state index < -0.39 is 42.8 Å². The summed E-state index contributed by atoms with van der Waals surface area (Å²) in [5, 5.41) is 4.77. The highest BCUT2D eigenvalue weighted by Gasteiger charge is 2.27. The Bertz CT molecular complexity index is 834. The van der Waals surface area contributed by atoms with Crippen molar-refractivity contribution in [1.29, 1.82) is 0 Å². The van der Waals surface area contributed by atoms with Crippen molar-refractivity contribution in [2.45, 2.75) is 19.3 Å². The molecule has 0 heterocycles. The first-order valence-corrected chi connectivity index (χ1v) is 8.36. The van der Waals surface area contributed by atoms with Gasteiger partial charge >= 0.3 is 6.18 Å². The van der Waals surface area contributed by atoms with E-state index in [4.69, 9.17) is 0 Å². The van der Waals surface area contributed by atoms with Gasteiger partial charge in [0.25, 0.3) is 5.91 Å². The van der Waals surface area contributed by atoms with E-state index in [0.29, 0.717) is 17.2 Å². The Kier molecular flexibility index (Phi) is 7.66. The second kappa shape index (κ2) is 9.97. The van der Waals surface area contributed by atoms with Crippen molar-refractivity contribution in [1.82, 2.24) is 10.6 Å². The number of carbonyl (C=O) groups is 2. The van der Waals surface area contributed by atoms with Crippen molar-refractivity contribution in [2.24, 2.45) is 0 Å². The summed E-state index contributed by atoms with van der Waals surface area (Å²) in [6.07, 6.45) is -4.39. The summed E-state index contributed by atoms with van der Waals surface area (Å²) < 4.78 is 66.8. The van der Waals surface area contributed by atoms with Crippen molar-refractivity contribution in [3.63, 3.8) is 0 Å². The lowest BCUT2D eigenvalue weighted by Gasteiger charge is -2.09. The summed E-state index contributed by atoms with van der Waals surface area (Å²) in [4.78, 5) is 23.6. The van der Waals surface area contributed by atoms with Gasteiger partial charge in [-0.1, -0.05) is 24.3 Å². The number of nitrogens with one attached hydrogen (secondary N) is 2. The van der Waals surface area contributed by atoms with Crippen molar-refractivity contribution < 1.29 is 36.3 Å². The molecule has 0 radical (unpaired) electrons. The molecule has 156 valence electrons. The second-order valence-corrected chi connectivity index (χ2v) is 6.04. The Morgan fingerprint density at radius 3 is 2.07 bits per heavy atom. The number of hydrogen-bond acceptors (Lipinski definition) is 3. The van der Waals surface area contributed by atoms with Gasteiger partial charge in [-0.05, 0) is 23.3 Å². The molecular formula is C19H17F5N2O3. The van der Waals surface area contributed by atoms with Gasteiger partial charge in [0.05, 0.1) is 13.2 Å². The molecule has 0 fully saturated rings. The molecule has 2 aromatic rings. The van der Waals surface area contributed by atoms with Crippen LogP contribution in [0.1, 0.15) is 21.5 Å². The van der Waals surface area contributed by atoms with E-state index in [9.17, 15) is 31.5 Å². The van der Waals surface area contributed by atoms with E-state index in [0.717, 1.165) is 12.1 Å². The Morgan fingerprint density at radius 2 is 1.48 bits per heavy atom. The van der Waals surface area contributed by atoms with Gasteiger partial charge in [-0.15, -0.1) is 0 Å². The van der Waals surface area contributed by atoms with Crippen LogP contribution in [0.2, 0.25) is 0 Å². The zero-order valence-electron chi connectivity index (χ0n) is 15.0. The number of amides is 2. The summed E-state index contributed by atoms with van der Waals surface area (Å²) in [5.41, 5.74) is 0.967. The van der Waals surface area contributed by atoms with Crippen LogP contribution in [0.4, 0.5) is 22.0 Å². The van der Waals surface area contributed by atoms with Crippen molar-refractivity contribution in [3.8, 4) is 0 Å². The molecule has 0 saturated carbocycles. The SMILES string of the molecule is O=C(CNC(=O)c1cc(F)cc(F)c1)NCc1ccc(COCC(F)(F)F)cc1. The summed E-state index contributed by atoms with van der Waals surface area (Å²) in [6, 6.07) is 8.67. The molecule has 5 nitrogen and oxygen atoms in total. The third-order valence-corrected chi connectivity index (χ3v) is 3.58. The quantitative estimate of drug-likeness (QED) is 0.650. The van der Waals surface area contributed by atoms with E-state index >= 15 is 0 Å². The number of ether oxygens (including phenoxy) is 1. The average molecular weight is 416 g/mol. The molecule has 0 aliphatic rings. The molecule has 0 bridgehead atoms. The van der Waals surface area contributed by atoms with Gasteiger partial charge in [0.2, 0.25) is 5.91 Å². The molecule has 0 aromatic heterocycles. The highest BCUT2D eigenvalue weighted by molar-refractivity contribution is 5.96. The van der Waals surface area contributed by atoms with E-state index in [-0.39, 0.29) is 18.7 Å². The first kappa shape index (κ1) is 22.3. The minimum atomic E-state index is -4.39. The standard InChI is InChI=1S/C19H17F5N2O3/c20-15-5-14(6-16(21)7-15)18(28)26-9-17(27)25-8-12-1-3-13(4-2-12)10-29-11-19(22,23)24/h1-7H,8-11H2,(H,25,27)(H,26,28). The maximum atomic E-state index is 13.1. The van der Waals surface area contributed by atoms with E-state index in [2.05, 4.69) is 15.4 Å². The molecule has 0 aliphatic heterocycles. The van der Waals surface area contributed by atoms with Crippen LogP contribution in [0.3, 0.4) is 0 Å². The molecule has 0 aliphatic carbocycles. The highest BCUT2D eigenvalue weighted by atomic mass is 19.4. The van der Waals surface area contributed by atoms with Gasteiger partial charge in [0.15, 0.2) is 0 Å². The van der Waals surface area contributed by atoms with Crippen LogP contribution in [-0.2, 0) is 22.7 Å². The van der Waals surface area contributed by atoms with Crippen LogP contribution in [0.25, 0.3) is 0 Å². The zero-order chi connectivity index (χ0) is 21.4. The number of alkyl halides is 3. The predicted octanol–water partition coefficient (Wildman–Crippen LogP) is 3.09. The van der Waals surface area contributed by atoms with Crippen LogP contribution in [0.5, 0.6) is 0 Å². The minimum absolute atomic E-state index is 0.118. The lowest BCUT2D eigenvalue weighted by molar-refractivity contribution is -0.176. The molecule has 2 N–H and O–H groups in total. The van der Waals surface area contributed by atoms with E-state index in [1.165, 1.54) is 0 Å². The number of halogens is 5. The first-order chi connectivity index (χ1) is 13.6. The number of benzene rings is 2. The first-order valence-electron chi connectivity index (χ1n) is 8.36. The monoisotopic (exact) mass is 416 g/mol.